The molecule has 0 bridgehead atoms. The Bertz CT molecular complexity index is 555. The summed E-state index contributed by atoms with van der Waals surface area (Å²) in [6.07, 6.45) is -0.103. The van der Waals surface area contributed by atoms with Crippen LogP contribution in [-0.4, -0.2) is 26.8 Å². The number of halogens is 1. The van der Waals surface area contributed by atoms with Crippen molar-refractivity contribution in [3.63, 3.8) is 0 Å². The number of benzene rings is 1. The summed E-state index contributed by atoms with van der Waals surface area (Å²) in [5.41, 5.74) is 2.73. The third-order valence-corrected chi connectivity index (χ3v) is 4.04. The number of carbonyl (C=O) groups excluding carboxylic acids is 1. The number of hydrogen-bond acceptors (Lipinski definition) is 3. The van der Waals surface area contributed by atoms with Crippen LogP contribution < -0.4 is 4.72 Å². The van der Waals surface area contributed by atoms with Crippen molar-refractivity contribution in [2.24, 2.45) is 0 Å². The minimum atomic E-state index is -3.73. The smallest absolute Gasteiger partial charge is 0.237 e. The van der Waals surface area contributed by atoms with E-state index in [1.165, 1.54) is 0 Å². The second-order valence-corrected chi connectivity index (χ2v) is 6.34. The Morgan fingerprint density at radius 3 is 2.63 bits per heavy atom. The van der Waals surface area contributed by atoms with Gasteiger partial charge in [0.1, 0.15) is 0 Å². The van der Waals surface area contributed by atoms with E-state index in [0.29, 0.717) is 0 Å². The highest BCUT2D eigenvalue weighted by Gasteiger charge is 2.15. The monoisotopic (exact) mass is 287 g/mol. The van der Waals surface area contributed by atoms with Crippen LogP contribution in [0.2, 0.25) is 0 Å². The zero-order valence-electron chi connectivity index (χ0n) is 11.1. The van der Waals surface area contributed by atoms with Gasteiger partial charge in [-0.25, -0.2) is 8.42 Å². The number of carbonyl (C=O) groups is 1. The van der Waals surface area contributed by atoms with E-state index in [9.17, 15) is 17.6 Å². The molecule has 0 aliphatic rings. The van der Waals surface area contributed by atoms with Crippen LogP contribution in [0.25, 0.3) is 0 Å². The molecule has 1 aromatic carbocycles. The highest BCUT2D eigenvalue weighted by molar-refractivity contribution is 7.90. The normalized spacial score (nSPS) is 11.3. The average Bonchev–Trinajstić information content (AvgIpc) is 2.30. The molecule has 0 atom stereocenters. The molecule has 1 rings (SSSR count). The lowest BCUT2D eigenvalue weighted by molar-refractivity contribution is -0.118. The lowest BCUT2D eigenvalue weighted by atomic mass is 10.0. The Labute approximate surface area is 113 Å². The summed E-state index contributed by atoms with van der Waals surface area (Å²) in [6.45, 7) is 3.05. The number of nitrogens with one attached hydrogen (secondary N) is 1. The molecule has 19 heavy (non-hydrogen) atoms. The number of amides is 1. The fraction of sp³-hybridized carbons (Fsp3) is 0.462. The fourth-order valence-electron chi connectivity index (χ4n) is 1.67. The van der Waals surface area contributed by atoms with Crippen molar-refractivity contribution in [2.75, 3.05) is 12.4 Å². The highest BCUT2D eigenvalue weighted by atomic mass is 32.2. The van der Waals surface area contributed by atoms with Crippen LogP contribution in [0.5, 0.6) is 0 Å². The Balaban J connectivity index is 2.68. The Morgan fingerprint density at radius 1 is 1.32 bits per heavy atom. The molecule has 1 amide bonds. The Morgan fingerprint density at radius 2 is 2.00 bits per heavy atom. The van der Waals surface area contributed by atoms with Crippen LogP contribution in [0, 0.1) is 13.8 Å². The van der Waals surface area contributed by atoms with Gasteiger partial charge in [-0.15, -0.1) is 0 Å². The topological polar surface area (TPSA) is 63.2 Å². The van der Waals surface area contributed by atoms with E-state index in [2.05, 4.69) is 0 Å². The van der Waals surface area contributed by atoms with Gasteiger partial charge in [-0.1, -0.05) is 23.8 Å². The predicted octanol–water partition coefficient (Wildman–Crippen LogP) is 1.65. The van der Waals surface area contributed by atoms with Gasteiger partial charge in [-0.05, 0) is 31.4 Å². The molecular formula is C13H18FNO3S. The fourth-order valence-corrected chi connectivity index (χ4v) is 2.68. The molecule has 0 saturated carbocycles. The number of rotatable bonds is 6. The van der Waals surface area contributed by atoms with Crippen molar-refractivity contribution in [1.29, 1.82) is 0 Å². The summed E-state index contributed by atoms with van der Waals surface area (Å²) in [6, 6.07) is 5.66. The number of alkyl halides is 1. The minimum Gasteiger partial charge on any atom is -0.274 e. The van der Waals surface area contributed by atoms with E-state index >= 15 is 0 Å². The summed E-state index contributed by atoms with van der Waals surface area (Å²) >= 11 is 0. The molecule has 0 aliphatic heterocycles. The molecular weight excluding hydrogens is 269 g/mol. The maximum atomic E-state index is 11.9. The van der Waals surface area contributed by atoms with Crippen molar-refractivity contribution in [3.8, 4) is 0 Å². The largest absolute Gasteiger partial charge is 0.274 e. The van der Waals surface area contributed by atoms with Crippen LogP contribution in [0.15, 0.2) is 18.2 Å². The van der Waals surface area contributed by atoms with Crippen LogP contribution >= 0.6 is 0 Å². The SMILES string of the molecule is Cc1ccc(C)c(CC(=O)NS(=O)(=O)CCCF)c1. The van der Waals surface area contributed by atoms with Crippen molar-refractivity contribution in [1.82, 2.24) is 4.72 Å². The van der Waals surface area contributed by atoms with E-state index < -0.39 is 22.6 Å². The zero-order valence-corrected chi connectivity index (χ0v) is 11.9. The first-order chi connectivity index (χ1) is 8.84. The second kappa shape index (κ2) is 6.65. The second-order valence-electron chi connectivity index (χ2n) is 4.49. The molecule has 1 aromatic rings. The molecule has 0 radical (unpaired) electrons. The van der Waals surface area contributed by atoms with Crippen molar-refractivity contribution in [3.05, 3.63) is 34.9 Å². The number of hydrogen-bond donors (Lipinski definition) is 1. The molecule has 106 valence electrons. The summed E-state index contributed by atoms with van der Waals surface area (Å²) in [5, 5.41) is 0. The summed E-state index contributed by atoms with van der Waals surface area (Å²) in [4.78, 5) is 11.7. The molecule has 0 spiro atoms. The number of sulfonamides is 1. The van der Waals surface area contributed by atoms with Crippen molar-refractivity contribution < 1.29 is 17.6 Å². The molecule has 0 saturated heterocycles. The highest BCUT2D eigenvalue weighted by Crippen LogP contribution is 2.11. The standard InChI is InChI=1S/C13H18FNO3S/c1-10-4-5-11(2)12(8-10)9-13(16)15-19(17,18)7-3-6-14/h4-5,8H,3,6-7,9H2,1-2H3,(H,15,16). The van der Waals surface area contributed by atoms with Crippen molar-refractivity contribution in [2.45, 2.75) is 26.7 Å². The molecule has 0 unspecified atom stereocenters. The predicted molar refractivity (Wildman–Crippen MR) is 72.1 cm³/mol. The number of aryl methyl sites for hydroxylation is 2. The summed E-state index contributed by atoms with van der Waals surface area (Å²) in [5.74, 6) is -0.963. The van der Waals surface area contributed by atoms with Gasteiger partial charge in [-0.2, -0.15) is 0 Å². The molecule has 4 nitrogen and oxygen atoms in total. The van der Waals surface area contributed by atoms with Gasteiger partial charge >= 0.3 is 0 Å². The van der Waals surface area contributed by atoms with Crippen LogP contribution in [-0.2, 0) is 21.2 Å². The molecule has 0 fully saturated rings. The minimum absolute atomic E-state index is 0.00235. The van der Waals surface area contributed by atoms with Crippen LogP contribution in [0.1, 0.15) is 23.1 Å². The van der Waals surface area contributed by atoms with E-state index in [1.807, 2.05) is 36.8 Å². The third-order valence-electron chi connectivity index (χ3n) is 2.67. The van der Waals surface area contributed by atoms with E-state index in [4.69, 9.17) is 0 Å². The van der Waals surface area contributed by atoms with Gasteiger partial charge in [0.05, 0.1) is 18.8 Å². The maximum Gasteiger partial charge on any atom is 0.237 e. The van der Waals surface area contributed by atoms with E-state index in [0.717, 1.165) is 16.7 Å². The Kier molecular flexibility index (Phi) is 5.47. The van der Waals surface area contributed by atoms with Gasteiger partial charge in [0.15, 0.2) is 0 Å². The first-order valence-electron chi connectivity index (χ1n) is 5.99. The van der Waals surface area contributed by atoms with Crippen LogP contribution in [0.4, 0.5) is 4.39 Å². The Hall–Kier alpha value is -1.43. The van der Waals surface area contributed by atoms with Crippen LogP contribution in [0.3, 0.4) is 0 Å². The van der Waals surface area contributed by atoms with Gasteiger partial charge in [0.2, 0.25) is 15.9 Å². The first kappa shape index (κ1) is 15.6. The van der Waals surface area contributed by atoms with E-state index in [1.54, 1.807) is 0 Å². The first-order valence-corrected chi connectivity index (χ1v) is 7.64. The van der Waals surface area contributed by atoms with Gasteiger partial charge in [0, 0.05) is 0 Å². The third kappa shape index (κ3) is 5.38. The summed E-state index contributed by atoms with van der Waals surface area (Å²) < 4.78 is 36.8. The molecule has 0 heterocycles. The van der Waals surface area contributed by atoms with Gasteiger partial charge in [0.25, 0.3) is 0 Å². The molecule has 0 aliphatic carbocycles. The summed E-state index contributed by atoms with van der Waals surface area (Å²) in [7, 11) is -3.73. The van der Waals surface area contributed by atoms with Crippen molar-refractivity contribution >= 4 is 15.9 Å². The molecule has 6 heteroatoms. The lowest BCUT2D eigenvalue weighted by Crippen LogP contribution is -2.33. The maximum absolute atomic E-state index is 11.9. The molecule has 1 N–H and O–H groups in total. The molecule has 0 aromatic heterocycles. The average molecular weight is 287 g/mol. The quantitative estimate of drug-likeness (QED) is 0.865. The zero-order chi connectivity index (χ0) is 14.5. The van der Waals surface area contributed by atoms with E-state index in [-0.39, 0.29) is 18.6 Å². The van der Waals surface area contributed by atoms with Gasteiger partial charge < -0.3 is 0 Å². The lowest BCUT2D eigenvalue weighted by Gasteiger charge is -2.08. The van der Waals surface area contributed by atoms with Gasteiger partial charge in [-0.3, -0.25) is 13.9 Å².